The first-order valence-corrected chi connectivity index (χ1v) is 6.51. The molecule has 1 aliphatic carbocycles. The van der Waals surface area contributed by atoms with Crippen molar-refractivity contribution in [3.8, 4) is 5.75 Å². The van der Waals surface area contributed by atoms with Crippen molar-refractivity contribution in [2.75, 3.05) is 18.2 Å². The fraction of sp³-hybridized carbons (Fsp3) is 0.188. The lowest BCUT2D eigenvalue weighted by Crippen LogP contribution is -2.30. The highest BCUT2D eigenvalue weighted by atomic mass is 16.5. The molecule has 2 aromatic rings. The van der Waals surface area contributed by atoms with E-state index >= 15 is 0 Å². The predicted octanol–water partition coefficient (Wildman–Crippen LogP) is 2.56. The van der Waals surface area contributed by atoms with Crippen molar-refractivity contribution in [3.05, 3.63) is 53.6 Å². The third-order valence-corrected chi connectivity index (χ3v) is 3.69. The second-order valence-corrected chi connectivity index (χ2v) is 4.90. The van der Waals surface area contributed by atoms with Crippen molar-refractivity contribution in [2.45, 2.75) is 12.3 Å². The van der Waals surface area contributed by atoms with Crippen LogP contribution in [0.1, 0.15) is 17.0 Å². The monoisotopic (exact) mass is 268 g/mol. The standard InChI is InChI=1S/C16H16N2O2/c1-20-11-6-7-14(17)15(9-11)18-16(19)13-8-10-4-2-3-5-12(10)13/h2-7,9,13H,8,17H2,1H3,(H,18,19). The highest BCUT2D eigenvalue weighted by Gasteiger charge is 2.31. The topological polar surface area (TPSA) is 64.3 Å². The van der Waals surface area contributed by atoms with E-state index in [2.05, 4.69) is 11.4 Å². The van der Waals surface area contributed by atoms with Gasteiger partial charge in [0.2, 0.25) is 5.91 Å². The van der Waals surface area contributed by atoms with E-state index in [9.17, 15) is 4.79 Å². The Balaban J connectivity index is 1.78. The lowest BCUT2D eigenvalue weighted by molar-refractivity contribution is -0.118. The van der Waals surface area contributed by atoms with Gasteiger partial charge in [0.25, 0.3) is 0 Å². The minimum absolute atomic E-state index is 0.0244. The van der Waals surface area contributed by atoms with Crippen molar-refractivity contribution in [3.63, 3.8) is 0 Å². The maximum absolute atomic E-state index is 12.3. The summed E-state index contributed by atoms with van der Waals surface area (Å²) in [5.74, 6) is 0.559. The van der Waals surface area contributed by atoms with Crippen molar-refractivity contribution < 1.29 is 9.53 Å². The van der Waals surface area contributed by atoms with Crippen LogP contribution < -0.4 is 15.8 Å². The lowest BCUT2D eigenvalue weighted by atomic mass is 9.77. The van der Waals surface area contributed by atoms with Crippen LogP contribution in [-0.4, -0.2) is 13.0 Å². The molecule has 0 bridgehead atoms. The van der Waals surface area contributed by atoms with E-state index in [4.69, 9.17) is 10.5 Å². The smallest absolute Gasteiger partial charge is 0.232 e. The van der Waals surface area contributed by atoms with E-state index in [0.29, 0.717) is 17.1 Å². The molecule has 0 fully saturated rings. The predicted molar refractivity (Wildman–Crippen MR) is 78.9 cm³/mol. The van der Waals surface area contributed by atoms with Crippen LogP contribution in [-0.2, 0) is 11.2 Å². The summed E-state index contributed by atoms with van der Waals surface area (Å²) < 4.78 is 5.14. The van der Waals surface area contributed by atoms with Crippen molar-refractivity contribution in [1.82, 2.24) is 0 Å². The van der Waals surface area contributed by atoms with E-state index in [1.807, 2.05) is 18.2 Å². The first kappa shape index (κ1) is 12.5. The second kappa shape index (κ2) is 4.89. The molecule has 20 heavy (non-hydrogen) atoms. The summed E-state index contributed by atoms with van der Waals surface area (Å²) in [6.45, 7) is 0. The molecule has 0 aromatic heterocycles. The Hall–Kier alpha value is -2.49. The van der Waals surface area contributed by atoms with E-state index in [1.54, 1.807) is 25.3 Å². The number of amides is 1. The number of methoxy groups -OCH3 is 1. The SMILES string of the molecule is COc1ccc(N)c(NC(=O)C2Cc3ccccc32)c1. The van der Waals surface area contributed by atoms with Gasteiger partial charge in [0.05, 0.1) is 24.4 Å². The maximum Gasteiger partial charge on any atom is 0.232 e. The zero-order valence-corrected chi connectivity index (χ0v) is 11.2. The molecule has 1 atom stereocenters. The summed E-state index contributed by atoms with van der Waals surface area (Å²) >= 11 is 0. The molecule has 0 saturated heterocycles. The number of anilines is 2. The molecule has 3 N–H and O–H groups in total. The van der Waals surface area contributed by atoms with E-state index < -0.39 is 0 Å². The molecule has 102 valence electrons. The number of rotatable bonds is 3. The summed E-state index contributed by atoms with van der Waals surface area (Å²) in [4.78, 5) is 12.3. The van der Waals surface area contributed by atoms with Gasteiger partial charge in [-0.3, -0.25) is 4.79 Å². The number of benzene rings is 2. The van der Waals surface area contributed by atoms with Crippen LogP contribution >= 0.6 is 0 Å². The third-order valence-electron chi connectivity index (χ3n) is 3.69. The summed E-state index contributed by atoms with van der Waals surface area (Å²) in [5.41, 5.74) is 9.35. The molecule has 1 unspecified atom stereocenters. The Labute approximate surface area is 117 Å². The summed E-state index contributed by atoms with van der Waals surface area (Å²) in [5, 5.41) is 2.88. The Morgan fingerprint density at radius 2 is 2.10 bits per heavy atom. The first-order valence-electron chi connectivity index (χ1n) is 6.51. The normalized spacial score (nSPS) is 15.9. The Morgan fingerprint density at radius 1 is 1.30 bits per heavy atom. The first-order chi connectivity index (χ1) is 9.69. The van der Waals surface area contributed by atoms with E-state index in [0.717, 1.165) is 12.0 Å². The third kappa shape index (κ3) is 2.09. The molecule has 2 aromatic carbocycles. The number of carbonyl (C=O) groups is 1. The lowest BCUT2D eigenvalue weighted by Gasteiger charge is -2.29. The number of fused-ring (bicyclic) bond motifs is 1. The average molecular weight is 268 g/mol. The van der Waals surface area contributed by atoms with Gasteiger partial charge in [0.1, 0.15) is 5.75 Å². The fourth-order valence-electron chi connectivity index (χ4n) is 2.48. The van der Waals surface area contributed by atoms with Gasteiger partial charge in [-0.1, -0.05) is 24.3 Å². The summed E-state index contributed by atoms with van der Waals surface area (Å²) in [6.07, 6.45) is 0.784. The molecule has 3 rings (SSSR count). The van der Waals surface area contributed by atoms with Crippen LogP contribution in [0.15, 0.2) is 42.5 Å². The fourth-order valence-corrected chi connectivity index (χ4v) is 2.48. The highest BCUT2D eigenvalue weighted by molar-refractivity contribution is 6.00. The van der Waals surface area contributed by atoms with Crippen LogP contribution in [0.2, 0.25) is 0 Å². The molecular formula is C16H16N2O2. The number of hydrogen-bond acceptors (Lipinski definition) is 3. The molecule has 4 heteroatoms. The summed E-state index contributed by atoms with van der Waals surface area (Å²) in [7, 11) is 1.58. The second-order valence-electron chi connectivity index (χ2n) is 4.90. The van der Waals surface area contributed by atoms with E-state index in [1.165, 1.54) is 5.56 Å². The Bertz CT molecular complexity index is 667. The zero-order valence-electron chi connectivity index (χ0n) is 11.2. The maximum atomic E-state index is 12.3. The van der Waals surface area contributed by atoms with Gasteiger partial charge in [-0.15, -0.1) is 0 Å². The minimum atomic E-state index is -0.0863. The summed E-state index contributed by atoms with van der Waals surface area (Å²) in [6, 6.07) is 13.2. The minimum Gasteiger partial charge on any atom is -0.497 e. The van der Waals surface area contributed by atoms with Gasteiger partial charge < -0.3 is 15.8 Å². The molecule has 0 radical (unpaired) electrons. The van der Waals surface area contributed by atoms with Gasteiger partial charge in [0, 0.05) is 6.07 Å². The molecule has 1 aliphatic rings. The molecule has 4 nitrogen and oxygen atoms in total. The number of ether oxygens (including phenoxy) is 1. The number of nitrogens with two attached hydrogens (primary N) is 1. The van der Waals surface area contributed by atoms with Gasteiger partial charge >= 0.3 is 0 Å². The van der Waals surface area contributed by atoms with Crippen LogP contribution in [0.5, 0.6) is 5.75 Å². The Morgan fingerprint density at radius 3 is 2.85 bits per heavy atom. The number of hydrogen-bond donors (Lipinski definition) is 2. The molecule has 0 aliphatic heterocycles. The van der Waals surface area contributed by atoms with Gasteiger partial charge in [-0.25, -0.2) is 0 Å². The number of nitrogens with one attached hydrogen (secondary N) is 1. The molecular weight excluding hydrogens is 252 g/mol. The van der Waals surface area contributed by atoms with Crippen molar-refractivity contribution >= 4 is 17.3 Å². The zero-order chi connectivity index (χ0) is 14.1. The van der Waals surface area contributed by atoms with Crippen LogP contribution in [0.25, 0.3) is 0 Å². The molecule has 1 amide bonds. The molecule has 0 heterocycles. The highest BCUT2D eigenvalue weighted by Crippen LogP contribution is 2.36. The Kier molecular flexibility index (Phi) is 3.06. The van der Waals surface area contributed by atoms with Crippen LogP contribution in [0.3, 0.4) is 0 Å². The van der Waals surface area contributed by atoms with Gasteiger partial charge in [0.15, 0.2) is 0 Å². The van der Waals surface area contributed by atoms with Crippen LogP contribution in [0.4, 0.5) is 11.4 Å². The molecule has 0 saturated carbocycles. The van der Waals surface area contributed by atoms with Crippen LogP contribution in [0, 0.1) is 0 Å². The van der Waals surface area contributed by atoms with Crippen molar-refractivity contribution in [2.24, 2.45) is 0 Å². The number of carbonyl (C=O) groups excluding carboxylic acids is 1. The molecule has 0 spiro atoms. The van der Waals surface area contributed by atoms with Gasteiger partial charge in [-0.05, 0) is 29.7 Å². The quantitative estimate of drug-likeness (QED) is 0.841. The largest absolute Gasteiger partial charge is 0.497 e. The van der Waals surface area contributed by atoms with Gasteiger partial charge in [-0.2, -0.15) is 0 Å². The van der Waals surface area contributed by atoms with Crippen molar-refractivity contribution in [1.29, 1.82) is 0 Å². The number of nitrogen functional groups attached to an aromatic ring is 1. The average Bonchev–Trinajstić information content (AvgIpc) is 2.42. The van der Waals surface area contributed by atoms with E-state index in [-0.39, 0.29) is 11.8 Å².